The largest absolute Gasteiger partial charge is 0.444 e. The van der Waals surface area contributed by atoms with Crippen molar-refractivity contribution in [1.82, 2.24) is 24.8 Å². The number of aromatic nitrogens is 3. The summed E-state index contributed by atoms with van der Waals surface area (Å²) in [5.74, 6) is 0.388. The number of Topliss-reactive ketones (excluding diaryl/α,β-unsaturated/α-hetero) is 1. The molecule has 0 radical (unpaired) electrons. The number of anilines is 4. The van der Waals surface area contributed by atoms with Crippen LogP contribution in [0.25, 0.3) is 4.85 Å². The van der Waals surface area contributed by atoms with Crippen molar-refractivity contribution in [1.29, 1.82) is 0 Å². The van der Waals surface area contributed by atoms with E-state index >= 15 is 0 Å². The number of piperazine rings is 1. The summed E-state index contributed by atoms with van der Waals surface area (Å²) in [7, 11) is 0. The van der Waals surface area contributed by atoms with Crippen LogP contribution >= 0.6 is 0 Å². The average Bonchev–Trinajstić information content (AvgIpc) is 3.55. The van der Waals surface area contributed by atoms with Crippen molar-refractivity contribution in [2.75, 3.05) is 48.7 Å². The van der Waals surface area contributed by atoms with Gasteiger partial charge in [0.25, 0.3) is 0 Å². The molecule has 14 heteroatoms. The smallest absolute Gasteiger partial charge is 0.410 e. The molecule has 54 heavy (non-hydrogen) atoms. The number of benzene rings is 3. The maximum Gasteiger partial charge on any atom is 0.410 e. The van der Waals surface area contributed by atoms with Crippen molar-refractivity contribution in [3.05, 3.63) is 101 Å². The Balaban J connectivity index is 1.18. The molecule has 3 aromatic carbocycles. The minimum Gasteiger partial charge on any atom is -0.444 e. The van der Waals surface area contributed by atoms with Crippen LogP contribution in [-0.4, -0.2) is 86.7 Å². The highest BCUT2D eigenvalue weighted by atomic mass is 19.1. The van der Waals surface area contributed by atoms with Crippen molar-refractivity contribution in [2.45, 2.75) is 65.1 Å². The molecule has 0 spiro atoms. The summed E-state index contributed by atoms with van der Waals surface area (Å²) in [4.78, 5) is 51.7. The number of hydrogen-bond donors (Lipinski definition) is 3. The number of fused-ring (bicyclic) bond motifs is 1. The average molecular weight is 733 g/mol. The van der Waals surface area contributed by atoms with E-state index < -0.39 is 11.6 Å². The Morgan fingerprint density at radius 3 is 2.41 bits per heavy atom. The second-order valence-electron chi connectivity index (χ2n) is 14.4. The molecule has 1 amide bonds. The summed E-state index contributed by atoms with van der Waals surface area (Å²) >= 11 is 0. The molecule has 0 aliphatic carbocycles. The van der Waals surface area contributed by atoms with Gasteiger partial charge in [-0.2, -0.15) is 15.0 Å². The Bertz CT molecular complexity index is 2050. The van der Waals surface area contributed by atoms with Gasteiger partial charge in [0.05, 0.1) is 24.8 Å². The number of rotatable bonds is 13. The number of carbonyl (C=O) groups is 2. The van der Waals surface area contributed by atoms with E-state index in [1.807, 2.05) is 58.0 Å². The van der Waals surface area contributed by atoms with Gasteiger partial charge in [-0.05, 0) is 68.1 Å². The Morgan fingerprint density at radius 1 is 0.944 bits per heavy atom. The van der Waals surface area contributed by atoms with E-state index in [0.29, 0.717) is 56.8 Å². The van der Waals surface area contributed by atoms with Crippen LogP contribution in [0.1, 0.15) is 50.8 Å². The molecule has 0 bridgehead atoms. The first-order valence-corrected chi connectivity index (χ1v) is 18.1. The van der Waals surface area contributed by atoms with Gasteiger partial charge in [-0.25, -0.2) is 14.0 Å². The predicted molar refractivity (Wildman–Crippen MR) is 207 cm³/mol. The molecule has 6 rings (SSSR count). The normalized spacial score (nSPS) is 14.7. The number of nitrogens with zero attached hydrogens (tertiary/aromatic N) is 7. The number of aliphatic imine (C=N–C) groups is 1. The number of halogens is 1. The van der Waals surface area contributed by atoms with Crippen LogP contribution in [-0.2, 0) is 28.9 Å². The van der Waals surface area contributed by atoms with E-state index in [1.54, 1.807) is 23.1 Å². The van der Waals surface area contributed by atoms with Crippen molar-refractivity contribution < 1.29 is 18.7 Å². The number of ether oxygens (including phenoxy) is 1. The molecule has 280 valence electrons. The lowest BCUT2D eigenvalue weighted by molar-refractivity contribution is -0.119. The molecule has 3 heterocycles. The highest BCUT2D eigenvalue weighted by molar-refractivity contribution is 5.96. The molecule has 1 aromatic heterocycles. The van der Waals surface area contributed by atoms with E-state index in [4.69, 9.17) is 11.3 Å². The zero-order valence-corrected chi connectivity index (χ0v) is 31.0. The maximum atomic E-state index is 13.8. The molecule has 1 fully saturated rings. The van der Waals surface area contributed by atoms with Gasteiger partial charge in [0.1, 0.15) is 11.4 Å². The van der Waals surface area contributed by atoms with Gasteiger partial charge in [-0.3, -0.25) is 14.7 Å². The zero-order valence-electron chi connectivity index (χ0n) is 31.0. The SMILES string of the molecule is [C-]#[N+]c1ccc(C[C@H](Nc2nc(NCC3=Nc4cc(F)ccc4C3)nc(Nc3cccc(CN4CCN(C(=O)OC(C)(C)C)CC4)c3)n2)C(=O)CC)cc1. The molecule has 3 N–H and O–H groups in total. The molecule has 1 saturated heterocycles. The summed E-state index contributed by atoms with van der Waals surface area (Å²) < 4.78 is 19.4. The van der Waals surface area contributed by atoms with Crippen molar-refractivity contribution in [2.24, 2.45) is 4.99 Å². The van der Waals surface area contributed by atoms with Crippen LogP contribution in [0.5, 0.6) is 0 Å². The lowest BCUT2D eigenvalue weighted by Crippen LogP contribution is -2.49. The maximum absolute atomic E-state index is 13.8. The third kappa shape index (κ3) is 10.3. The third-order valence-electron chi connectivity index (χ3n) is 8.97. The molecular weight excluding hydrogens is 688 g/mol. The standard InChI is InChI=1S/C40H45FN10O3/c1-6-35(52)34(21-26-10-14-30(42-5)15-11-26)46-38-48-36(43-24-32-22-28-12-13-29(41)23-33(28)44-32)47-37(49-38)45-31-9-7-8-27(20-31)25-50-16-18-51(19-17-50)39(53)54-40(2,3)4/h7-15,20,23,34H,6,16-19,21-22,24-25H2,1-4H3,(H3,43,45,46,47,48,49)/t34-/m0/s1. The van der Waals surface area contributed by atoms with Gasteiger partial charge >= 0.3 is 6.09 Å². The van der Waals surface area contributed by atoms with Gasteiger partial charge in [0.2, 0.25) is 17.8 Å². The summed E-state index contributed by atoms with van der Waals surface area (Å²) in [6.07, 6.45) is 0.975. The lowest BCUT2D eigenvalue weighted by Gasteiger charge is -2.35. The van der Waals surface area contributed by atoms with Gasteiger partial charge in [0, 0.05) is 57.0 Å². The highest BCUT2D eigenvalue weighted by Gasteiger charge is 2.26. The lowest BCUT2D eigenvalue weighted by atomic mass is 10.0. The van der Waals surface area contributed by atoms with Crippen molar-refractivity contribution in [3.8, 4) is 0 Å². The van der Waals surface area contributed by atoms with E-state index in [-0.39, 0.29) is 35.5 Å². The second-order valence-corrected chi connectivity index (χ2v) is 14.4. The Morgan fingerprint density at radius 2 is 1.69 bits per heavy atom. The van der Waals surface area contributed by atoms with Crippen LogP contribution in [0.2, 0.25) is 0 Å². The van der Waals surface area contributed by atoms with Gasteiger partial charge in [-0.15, -0.1) is 0 Å². The highest BCUT2D eigenvalue weighted by Crippen LogP contribution is 2.28. The van der Waals surface area contributed by atoms with Gasteiger partial charge in [-0.1, -0.05) is 49.4 Å². The summed E-state index contributed by atoms with van der Waals surface area (Å²) in [5, 5.41) is 9.81. The predicted octanol–water partition coefficient (Wildman–Crippen LogP) is 7.10. The fraction of sp³-hybridized carbons (Fsp3) is 0.375. The van der Waals surface area contributed by atoms with Crippen LogP contribution in [0, 0.1) is 12.4 Å². The molecule has 2 aliphatic heterocycles. The number of hydrogen-bond acceptors (Lipinski definition) is 11. The van der Waals surface area contributed by atoms with Crippen molar-refractivity contribution in [3.63, 3.8) is 0 Å². The fourth-order valence-electron chi connectivity index (χ4n) is 6.22. The second kappa shape index (κ2) is 16.8. The number of nitrogens with one attached hydrogen (secondary N) is 3. The summed E-state index contributed by atoms with van der Waals surface area (Å²) in [5.41, 5.74) is 5.10. The van der Waals surface area contributed by atoms with Crippen LogP contribution in [0.4, 0.5) is 44.1 Å². The van der Waals surface area contributed by atoms with Crippen LogP contribution in [0.15, 0.2) is 71.7 Å². The molecule has 1 atom stereocenters. The van der Waals surface area contributed by atoms with Gasteiger partial charge in [0.15, 0.2) is 11.5 Å². The van der Waals surface area contributed by atoms with E-state index in [2.05, 4.69) is 51.7 Å². The number of ketones is 1. The molecule has 0 saturated carbocycles. The minimum atomic E-state index is -0.625. The topological polar surface area (TPSA) is 141 Å². The van der Waals surface area contributed by atoms with E-state index in [9.17, 15) is 14.0 Å². The Hall–Kier alpha value is -5.94. The Labute approximate surface area is 314 Å². The van der Waals surface area contributed by atoms with E-state index in [0.717, 1.165) is 41.2 Å². The Kier molecular flexibility index (Phi) is 11.8. The first-order chi connectivity index (χ1) is 25.9. The van der Waals surface area contributed by atoms with Crippen LogP contribution in [0.3, 0.4) is 0 Å². The molecule has 13 nitrogen and oxygen atoms in total. The first kappa shape index (κ1) is 37.8. The molecule has 0 unspecified atom stereocenters. The molecule has 4 aromatic rings. The summed E-state index contributed by atoms with van der Waals surface area (Å²) in [6, 6.07) is 19.1. The number of carbonyl (C=O) groups excluding carboxylic acids is 2. The van der Waals surface area contributed by atoms with Crippen LogP contribution < -0.4 is 16.0 Å². The van der Waals surface area contributed by atoms with Crippen molar-refractivity contribution >= 4 is 52.5 Å². The monoisotopic (exact) mass is 732 g/mol. The van der Waals surface area contributed by atoms with Gasteiger partial charge < -0.3 is 25.6 Å². The quantitative estimate of drug-likeness (QED) is 0.122. The third-order valence-corrected chi connectivity index (χ3v) is 8.97. The first-order valence-electron chi connectivity index (χ1n) is 18.1. The minimum absolute atomic E-state index is 0.0152. The zero-order chi connectivity index (χ0) is 38.2. The molecular formula is C40H45FN10O3. The fourth-order valence-corrected chi connectivity index (χ4v) is 6.22. The van der Waals surface area contributed by atoms with E-state index in [1.165, 1.54) is 12.1 Å². The molecule has 2 aliphatic rings. The number of amides is 1. The summed E-state index contributed by atoms with van der Waals surface area (Å²) in [6.45, 7) is 18.3.